The minimum atomic E-state index is -0.358. The third-order valence-electron chi connectivity index (χ3n) is 6.01. The highest BCUT2D eigenvalue weighted by Gasteiger charge is 2.35. The number of aromatic nitrogens is 2. The lowest BCUT2D eigenvalue weighted by Gasteiger charge is -2.35. The number of H-pyrrole nitrogens is 1. The molecule has 1 N–H and O–H groups in total. The van der Waals surface area contributed by atoms with Gasteiger partial charge in [-0.3, -0.25) is 24.1 Å². The molecule has 0 atom stereocenters. The van der Waals surface area contributed by atoms with E-state index in [1.54, 1.807) is 58.6 Å². The summed E-state index contributed by atoms with van der Waals surface area (Å²) in [6.07, 6.45) is 1.65. The Bertz CT molecular complexity index is 1210. The predicted octanol–water partition coefficient (Wildman–Crippen LogP) is 1.53. The third kappa shape index (κ3) is 3.41. The van der Waals surface area contributed by atoms with Crippen LogP contribution in [0.4, 0.5) is 0 Å². The van der Waals surface area contributed by atoms with Crippen molar-refractivity contribution in [3.63, 3.8) is 0 Å². The molecule has 2 aromatic carbocycles. The minimum Gasteiger partial charge on any atom is -0.345 e. The van der Waals surface area contributed by atoms with Crippen LogP contribution in [-0.2, 0) is 4.79 Å². The van der Waals surface area contributed by atoms with Gasteiger partial charge in [-0.15, -0.1) is 0 Å². The quantitative estimate of drug-likeness (QED) is 0.631. The number of aromatic amines is 1. The maximum absolute atomic E-state index is 12.8. The molecule has 9 nitrogen and oxygen atoms in total. The summed E-state index contributed by atoms with van der Waals surface area (Å²) in [6.45, 7) is 1.74. The van der Waals surface area contributed by atoms with E-state index in [2.05, 4.69) is 9.97 Å². The molecule has 162 valence electrons. The van der Waals surface area contributed by atoms with Crippen LogP contribution in [0.1, 0.15) is 37.5 Å². The molecule has 2 aliphatic heterocycles. The van der Waals surface area contributed by atoms with Gasteiger partial charge in [-0.1, -0.05) is 12.1 Å². The zero-order chi connectivity index (χ0) is 22.2. The second kappa shape index (κ2) is 7.92. The van der Waals surface area contributed by atoms with Crippen LogP contribution in [0.15, 0.2) is 48.8 Å². The lowest BCUT2D eigenvalue weighted by Crippen LogP contribution is -2.51. The largest absolute Gasteiger partial charge is 0.345 e. The number of fused-ring (bicyclic) bond motifs is 2. The van der Waals surface area contributed by atoms with Crippen molar-refractivity contribution in [1.29, 1.82) is 0 Å². The summed E-state index contributed by atoms with van der Waals surface area (Å²) in [5, 5.41) is 0. The molecule has 0 bridgehead atoms. The fourth-order valence-electron chi connectivity index (χ4n) is 4.22. The topological polar surface area (TPSA) is 107 Å². The Morgan fingerprint density at radius 2 is 1.56 bits per heavy atom. The van der Waals surface area contributed by atoms with E-state index in [9.17, 15) is 19.2 Å². The molecule has 1 aromatic heterocycles. The number of amides is 4. The molecule has 1 fully saturated rings. The van der Waals surface area contributed by atoms with E-state index in [1.165, 1.54) is 0 Å². The van der Waals surface area contributed by atoms with Gasteiger partial charge in [0.05, 0.1) is 28.5 Å². The summed E-state index contributed by atoms with van der Waals surface area (Å²) in [4.78, 5) is 62.1. The van der Waals surface area contributed by atoms with Crippen LogP contribution in [0.2, 0.25) is 0 Å². The molecule has 0 radical (unpaired) electrons. The molecule has 4 amide bonds. The van der Waals surface area contributed by atoms with Gasteiger partial charge in [0, 0.05) is 44.7 Å². The Morgan fingerprint density at radius 1 is 0.906 bits per heavy atom. The highest BCUT2D eigenvalue weighted by atomic mass is 16.2. The van der Waals surface area contributed by atoms with Gasteiger partial charge in [0.25, 0.3) is 17.7 Å². The Morgan fingerprint density at radius 3 is 2.25 bits per heavy atom. The highest BCUT2D eigenvalue weighted by molar-refractivity contribution is 6.21. The van der Waals surface area contributed by atoms with Gasteiger partial charge >= 0.3 is 0 Å². The molecule has 5 rings (SSSR count). The summed E-state index contributed by atoms with van der Waals surface area (Å²) in [7, 11) is 0. The van der Waals surface area contributed by atoms with Gasteiger partial charge in [0.2, 0.25) is 5.91 Å². The highest BCUT2D eigenvalue weighted by Crippen LogP contribution is 2.22. The standard InChI is InChI=1S/C23H21N5O4/c29-20(7-8-28-22(31)16-3-1-2-4-17(16)23(28)32)26-9-11-27(12-10-26)21(30)15-5-6-18-19(13-15)25-14-24-18/h1-6,13-14H,7-12H2,(H,24,25). The summed E-state index contributed by atoms with van der Waals surface area (Å²) in [6, 6.07) is 12.0. The van der Waals surface area contributed by atoms with Crippen LogP contribution in [-0.4, -0.2) is 81.0 Å². The molecular weight excluding hydrogens is 410 g/mol. The van der Waals surface area contributed by atoms with Crippen molar-refractivity contribution in [2.75, 3.05) is 32.7 Å². The molecule has 0 aliphatic carbocycles. The summed E-state index contributed by atoms with van der Waals surface area (Å²) < 4.78 is 0. The van der Waals surface area contributed by atoms with E-state index in [0.29, 0.717) is 42.9 Å². The first kappa shape index (κ1) is 19.9. The van der Waals surface area contributed by atoms with E-state index in [0.717, 1.165) is 15.9 Å². The lowest BCUT2D eigenvalue weighted by molar-refractivity contribution is -0.132. The van der Waals surface area contributed by atoms with Crippen molar-refractivity contribution >= 4 is 34.7 Å². The molecule has 0 spiro atoms. The lowest BCUT2D eigenvalue weighted by atomic mass is 10.1. The molecule has 1 saturated heterocycles. The monoisotopic (exact) mass is 431 g/mol. The van der Waals surface area contributed by atoms with Gasteiger partial charge in [-0.2, -0.15) is 0 Å². The zero-order valence-corrected chi connectivity index (χ0v) is 17.3. The number of nitrogens with zero attached hydrogens (tertiary/aromatic N) is 4. The smallest absolute Gasteiger partial charge is 0.261 e. The molecule has 32 heavy (non-hydrogen) atoms. The number of carbonyl (C=O) groups is 4. The summed E-state index contributed by atoms with van der Waals surface area (Å²) in [5.74, 6) is -0.932. The minimum absolute atomic E-state index is 0.0501. The van der Waals surface area contributed by atoms with Gasteiger partial charge in [0.15, 0.2) is 0 Å². The van der Waals surface area contributed by atoms with Crippen molar-refractivity contribution in [2.24, 2.45) is 0 Å². The van der Waals surface area contributed by atoms with Crippen molar-refractivity contribution in [2.45, 2.75) is 6.42 Å². The third-order valence-corrected chi connectivity index (χ3v) is 6.01. The van der Waals surface area contributed by atoms with Crippen LogP contribution in [0.5, 0.6) is 0 Å². The first-order valence-electron chi connectivity index (χ1n) is 10.5. The fraction of sp³-hybridized carbons (Fsp3) is 0.261. The van der Waals surface area contributed by atoms with E-state index in [1.807, 2.05) is 0 Å². The Labute approximate surface area is 183 Å². The molecule has 0 saturated carbocycles. The number of carbonyl (C=O) groups excluding carboxylic acids is 4. The Kier molecular flexibility index (Phi) is 4.93. The average molecular weight is 431 g/mol. The maximum Gasteiger partial charge on any atom is 0.261 e. The van der Waals surface area contributed by atoms with Crippen molar-refractivity contribution in [1.82, 2.24) is 24.7 Å². The van der Waals surface area contributed by atoms with E-state index >= 15 is 0 Å². The number of nitrogens with one attached hydrogen (secondary N) is 1. The second-order valence-electron chi connectivity index (χ2n) is 7.86. The zero-order valence-electron chi connectivity index (χ0n) is 17.3. The molecule has 3 aromatic rings. The normalized spacial score (nSPS) is 16.1. The fourth-order valence-corrected chi connectivity index (χ4v) is 4.22. The van der Waals surface area contributed by atoms with E-state index in [4.69, 9.17) is 0 Å². The average Bonchev–Trinajstić information content (AvgIpc) is 3.40. The second-order valence-corrected chi connectivity index (χ2v) is 7.86. The Hall–Kier alpha value is -4.01. The Balaban J connectivity index is 1.15. The maximum atomic E-state index is 12.8. The van der Waals surface area contributed by atoms with Gasteiger partial charge < -0.3 is 14.8 Å². The van der Waals surface area contributed by atoms with Crippen molar-refractivity contribution < 1.29 is 19.2 Å². The first-order chi connectivity index (χ1) is 15.5. The van der Waals surface area contributed by atoms with Crippen LogP contribution in [0.25, 0.3) is 11.0 Å². The number of hydrogen-bond donors (Lipinski definition) is 1. The van der Waals surface area contributed by atoms with Gasteiger partial charge in [0.1, 0.15) is 0 Å². The number of imidazole rings is 1. The van der Waals surface area contributed by atoms with Gasteiger partial charge in [-0.05, 0) is 30.3 Å². The molecule has 2 aliphatic rings. The molecule has 9 heteroatoms. The van der Waals surface area contributed by atoms with Crippen LogP contribution in [0.3, 0.4) is 0 Å². The number of benzene rings is 2. The molecule has 3 heterocycles. The number of piperazine rings is 1. The van der Waals surface area contributed by atoms with E-state index in [-0.39, 0.29) is 36.6 Å². The SMILES string of the molecule is O=C(CCN1C(=O)c2ccccc2C1=O)N1CCN(C(=O)c2ccc3nc[nH]c3c2)CC1. The van der Waals surface area contributed by atoms with Crippen LogP contribution < -0.4 is 0 Å². The predicted molar refractivity (Wildman–Crippen MR) is 115 cm³/mol. The summed E-state index contributed by atoms with van der Waals surface area (Å²) in [5.41, 5.74) is 2.94. The first-order valence-corrected chi connectivity index (χ1v) is 10.5. The molecule has 0 unspecified atom stereocenters. The number of hydrogen-bond acceptors (Lipinski definition) is 5. The summed E-state index contributed by atoms with van der Waals surface area (Å²) >= 11 is 0. The van der Waals surface area contributed by atoms with Crippen LogP contribution in [0, 0.1) is 0 Å². The van der Waals surface area contributed by atoms with E-state index < -0.39 is 0 Å². The van der Waals surface area contributed by atoms with Crippen LogP contribution >= 0.6 is 0 Å². The number of rotatable bonds is 4. The van der Waals surface area contributed by atoms with Gasteiger partial charge in [-0.25, -0.2) is 4.98 Å². The van der Waals surface area contributed by atoms with Crippen molar-refractivity contribution in [3.05, 3.63) is 65.5 Å². The van der Waals surface area contributed by atoms with Crippen molar-refractivity contribution in [3.8, 4) is 0 Å². The number of imide groups is 1. The molecular formula is C23H21N5O4.